The summed E-state index contributed by atoms with van der Waals surface area (Å²) in [6, 6.07) is 0. The van der Waals surface area contributed by atoms with Crippen LogP contribution in [0.15, 0.2) is 0 Å². The smallest absolute Gasteiger partial charge is 0.0533 e. The molecule has 0 saturated heterocycles. The molecule has 0 atom stereocenters. The Morgan fingerprint density at radius 2 is 0.600 bits per heavy atom. The normalized spacial score (nSPS) is 15.0. The average molecular weight is 146 g/mol. The fraction of sp³-hybridized carbons (Fsp3) is 1.00. The van der Waals surface area contributed by atoms with Crippen LogP contribution >= 0.6 is 0 Å². The van der Waals surface area contributed by atoms with Gasteiger partial charge in [-0.3, -0.25) is 0 Å². The van der Waals surface area contributed by atoms with Crippen LogP contribution in [0, 0.1) is 0 Å². The molecule has 1 fully saturated rings. The lowest BCUT2D eigenvalue weighted by molar-refractivity contribution is 0.504. The van der Waals surface area contributed by atoms with Gasteiger partial charge in [-0.05, 0) is 0 Å². The lowest BCUT2D eigenvalue weighted by atomic mass is 10.0. The molecule has 0 aromatic heterocycles. The summed E-state index contributed by atoms with van der Waals surface area (Å²) in [6.45, 7) is 4.00. The van der Waals surface area contributed by atoms with Crippen molar-refractivity contribution >= 4 is 0 Å². The van der Waals surface area contributed by atoms with E-state index in [4.69, 9.17) is 0 Å². The Labute approximate surface area is 68.0 Å². The molecular formula is C10H26. The van der Waals surface area contributed by atoms with Crippen molar-refractivity contribution in [2.75, 3.05) is 0 Å². The van der Waals surface area contributed by atoms with Crippen molar-refractivity contribution in [1.29, 1.82) is 0 Å². The molecular weight excluding hydrogens is 120 g/mol. The first-order valence-electron chi connectivity index (χ1n) is 4.00. The molecule has 1 aliphatic rings. The Balaban J connectivity index is -0.000000114. The van der Waals surface area contributed by atoms with Crippen LogP contribution < -0.4 is 0 Å². The van der Waals surface area contributed by atoms with Crippen molar-refractivity contribution in [2.45, 2.75) is 67.2 Å². The highest BCUT2D eigenvalue weighted by Crippen LogP contribution is 2.15. The Morgan fingerprint density at radius 3 is 0.700 bits per heavy atom. The molecule has 0 heterocycles. The molecule has 0 heteroatoms. The SMILES string of the molecule is C.C.C1CCCCC1.CC. The van der Waals surface area contributed by atoms with Crippen LogP contribution in [0.2, 0.25) is 0 Å². The van der Waals surface area contributed by atoms with Gasteiger partial charge in [0.1, 0.15) is 0 Å². The lowest BCUT2D eigenvalue weighted by Gasteiger charge is -2.05. The van der Waals surface area contributed by atoms with Gasteiger partial charge < -0.3 is 0 Å². The van der Waals surface area contributed by atoms with Gasteiger partial charge in [-0.1, -0.05) is 67.2 Å². The zero-order valence-electron chi connectivity index (χ0n) is 6.24. The summed E-state index contributed by atoms with van der Waals surface area (Å²) in [4.78, 5) is 0. The van der Waals surface area contributed by atoms with E-state index in [1.54, 1.807) is 0 Å². The summed E-state index contributed by atoms with van der Waals surface area (Å²) in [7, 11) is 0. The van der Waals surface area contributed by atoms with Crippen molar-refractivity contribution in [3.63, 3.8) is 0 Å². The van der Waals surface area contributed by atoms with Gasteiger partial charge in [0.25, 0.3) is 0 Å². The van der Waals surface area contributed by atoms with Crippen LogP contribution in [-0.4, -0.2) is 0 Å². The van der Waals surface area contributed by atoms with Gasteiger partial charge in [-0.2, -0.15) is 0 Å². The molecule has 1 aliphatic carbocycles. The average Bonchev–Trinajstić information content (AvgIpc) is 1.96. The van der Waals surface area contributed by atoms with Gasteiger partial charge >= 0.3 is 0 Å². The topological polar surface area (TPSA) is 0 Å². The van der Waals surface area contributed by atoms with Gasteiger partial charge in [-0.25, -0.2) is 0 Å². The molecule has 0 radical (unpaired) electrons. The van der Waals surface area contributed by atoms with Crippen molar-refractivity contribution in [3.8, 4) is 0 Å². The fourth-order valence-corrected chi connectivity index (χ4v) is 1.06. The zero-order chi connectivity index (χ0) is 6.24. The third-order valence-electron chi connectivity index (χ3n) is 1.50. The molecule has 0 N–H and O–H groups in total. The van der Waals surface area contributed by atoms with Crippen molar-refractivity contribution in [3.05, 3.63) is 0 Å². The van der Waals surface area contributed by atoms with E-state index in [1.807, 2.05) is 13.8 Å². The summed E-state index contributed by atoms with van der Waals surface area (Å²) in [5, 5.41) is 0. The summed E-state index contributed by atoms with van der Waals surface area (Å²) in [5.74, 6) is 0. The number of hydrogen-bond donors (Lipinski definition) is 0. The van der Waals surface area contributed by atoms with E-state index in [9.17, 15) is 0 Å². The molecule has 66 valence electrons. The molecule has 0 spiro atoms. The lowest BCUT2D eigenvalue weighted by Crippen LogP contribution is -1.85. The van der Waals surface area contributed by atoms with Gasteiger partial charge in [-0.15, -0.1) is 0 Å². The molecule has 1 rings (SSSR count). The zero-order valence-corrected chi connectivity index (χ0v) is 6.24. The van der Waals surface area contributed by atoms with Crippen molar-refractivity contribution in [2.24, 2.45) is 0 Å². The van der Waals surface area contributed by atoms with E-state index >= 15 is 0 Å². The van der Waals surface area contributed by atoms with Crippen LogP contribution in [0.25, 0.3) is 0 Å². The predicted octanol–water partition coefficient (Wildman–Crippen LogP) is 4.64. The summed E-state index contributed by atoms with van der Waals surface area (Å²) >= 11 is 0. The van der Waals surface area contributed by atoms with E-state index in [2.05, 4.69) is 0 Å². The van der Waals surface area contributed by atoms with Crippen LogP contribution in [0.5, 0.6) is 0 Å². The Hall–Kier alpha value is 0. The molecule has 1 saturated carbocycles. The molecule has 0 bridgehead atoms. The number of rotatable bonds is 0. The maximum absolute atomic E-state index is 2.00. The van der Waals surface area contributed by atoms with Gasteiger partial charge in [0, 0.05) is 0 Å². The summed E-state index contributed by atoms with van der Waals surface area (Å²) in [5.41, 5.74) is 0. The third kappa shape index (κ3) is 10.9. The quantitative estimate of drug-likeness (QED) is 0.467. The van der Waals surface area contributed by atoms with Crippen LogP contribution in [-0.2, 0) is 0 Å². The highest BCUT2D eigenvalue weighted by Gasteiger charge is 1.95. The molecule has 0 unspecified atom stereocenters. The van der Waals surface area contributed by atoms with E-state index in [0.717, 1.165) is 0 Å². The maximum Gasteiger partial charge on any atom is -0.0533 e. The maximum atomic E-state index is 2.00. The second-order valence-corrected chi connectivity index (χ2v) is 2.12. The van der Waals surface area contributed by atoms with Crippen LogP contribution in [0.3, 0.4) is 0 Å². The Bertz CT molecular complexity index is 15.5. The second-order valence-electron chi connectivity index (χ2n) is 2.12. The highest BCUT2D eigenvalue weighted by molar-refractivity contribution is 4.51. The highest BCUT2D eigenvalue weighted by atomic mass is 14.0. The summed E-state index contributed by atoms with van der Waals surface area (Å²) < 4.78 is 0. The molecule has 0 aromatic carbocycles. The first kappa shape index (κ1) is 16.5. The predicted molar refractivity (Wildman–Crippen MR) is 52.5 cm³/mol. The second kappa shape index (κ2) is 16.0. The van der Waals surface area contributed by atoms with E-state index in [0.29, 0.717) is 0 Å². The minimum atomic E-state index is 0. The van der Waals surface area contributed by atoms with Gasteiger partial charge in [0.05, 0.1) is 0 Å². The minimum absolute atomic E-state index is 0. The molecule has 0 amide bonds. The Morgan fingerprint density at radius 1 is 0.500 bits per heavy atom. The molecule has 0 aliphatic heterocycles. The molecule has 0 nitrogen and oxygen atoms in total. The summed E-state index contributed by atoms with van der Waals surface area (Å²) in [6.07, 6.45) is 9.00. The number of hydrogen-bond acceptors (Lipinski definition) is 0. The first-order valence-corrected chi connectivity index (χ1v) is 4.00. The molecule has 0 aromatic rings. The standard InChI is InChI=1S/C6H12.C2H6.2CH4/c1-2-4-6-5-3-1;1-2;;/h1-6H2;1-2H3;2*1H4. The largest absolute Gasteiger partial charge is 0.0776 e. The van der Waals surface area contributed by atoms with E-state index < -0.39 is 0 Å². The third-order valence-corrected chi connectivity index (χ3v) is 1.50. The minimum Gasteiger partial charge on any atom is -0.0776 e. The van der Waals surface area contributed by atoms with E-state index in [-0.39, 0.29) is 14.9 Å². The fourth-order valence-electron chi connectivity index (χ4n) is 1.06. The van der Waals surface area contributed by atoms with E-state index in [1.165, 1.54) is 38.5 Å². The van der Waals surface area contributed by atoms with Crippen molar-refractivity contribution < 1.29 is 0 Å². The van der Waals surface area contributed by atoms with Crippen molar-refractivity contribution in [1.82, 2.24) is 0 Å². The van der Waals surface area contributed by atoms with Gasteiger partial charge in [0.2, 0.25) is 0 Å². The monoisotopic (exact) mass is 146 g/mol. The Kier molecular flexibility index (Phi) is 26.4. The van der Waals surface area contributed by atoms with Gasteiger partial charge in [0.15, 0.2) is 0 Å². The first-order chi connectivity index (χ1) is 4.00. The van der Waals surface area contributed by atoms with Crippen LogP contribution in [0.1, 0.15) is 67.2 Å². The van der Waals surface area contributed by atoms with Crippen LogP contribution in [0.4, 0.5) is 0 Å². The molecule has 10 heavy (non-hydrogen) atoms.